The van der Waals surface area contributed by atoms with Crippen LogP contribution in [0.2, 0.25) is 0 Å². The third-order valence-electron chi connectivity index (χ3n) is 3.15. The maximum atomic E-state index is 4.72. The van der Waals surface area contributed by atoms with E-state index in [0.717, 1.165) is 36.3 Å². The fourth-order valence-electron chi connectivity index (χ4n) is 1.98. The molecule has 0 bridgehead atoms. The van der Waals surface area contributed by atoms with Crippen LogP contribution in [0.3, 0.4) is 0 Å². The van der Waals surface area contributed by atoms with E-state index in [4.69, 9.17) is 4.98 Å². The minimum absolute atomic E-state index is 0.730. The second-order valence-electron chi connectivity index (χ2n) is 4.87. The lowest BCUT2D eigenvalue weighted by Crippen LogP contribution is -2.15. The van der Waals surface area contributed by atoms with Gasteiger partial charge in [-0.25, -0.2) is 15.0 Å². The van der Waals surface area contributed by atoms with E-state index in [1.165, 1.54) is 23.4 Å². The molecule has 2 aromatic heterocycles. The second-order valence-corrected chi connectivity index (χ2v) is 5.95. The molecule has 0 unspecified atom stereocenters. The summed E-state index contributed by atoms with van der Waals surface area (Å²) in [5, 5.41) is 4.51. The molecule has 1 aliphatic carbocycles. The Morgan fingerprint density at radius 3 is 2.79 bits per heavy atom. The van der Waals surface area contributed by atoms with Crippen LogP contribution in [0, 0.1) is 0 Å². The standard InChI is InChI=1S/C14H18N4S/c1-2-4-11-12(9-17-10-5-6-10)19-14(18-11)13-15-7-3-8-16-13/h3,7-8,10,17H,2,4-6,9H2,1H3. The van der Waals surface area contributed by atoms with Crippen LogP contribution in [0.4, 0.5) is 0 Å². The number of aryl methyl sites for hydroxylation is 1. The Hall–Kier alpha value is -1.33. The highest BCUT2D eigenvalue weighted by molar-refractivity contribution is 7.15. The fraction of sp³-hybridized carbons (Fsp3) is 0.500. The topological polar surface area (TPSA) is 50.7 Å². The van der Waals surface area contributed by atoms with Gasteiger partial charge >= 0.3 is 0 Å². The van der Waals surface area contributed by atoms with Crippen molar-refractivity contribution in [3.63, 3.8) is 0 Å². The monoisotopic (exact) mass is 274 g/mol. The van der Waals surface area contributed by atoms with Gasteiger partial charge in [-0.2, -0.15) is 0 Å². The van der Waals surface area contributed by atoms with E-state index >= 15 is 0 Å². The summed E-state index contributed by atoms with van der Waals surface area (Å²) >= 11 is 1.72. The molecule has 1 saturated carbocycles. The summed E-state index contributed by atoms with van der Waals surface area (Å²) in [5.41, 5.74) is 1.21. The lowest BCUT2D eigenvalue weighted by molar-refractivity contribution is 0.686. The molecule has 2 aromatic rings. The molecule has 100 valence electrons. The third kappa shape index (κ3) is 3.16. The Bertz CT molecular complexity index is 534. The molecule has 2 heterocycles. The highest BCUT2D eigenvalue weighted by atomic mass is 32.1. The predicted octanol–water partition coefficient (Wildman–Crippen LogP) is 2.80. The van der Waals surface area contributed by atoms with Crippen molar-refractivity contribution in [3.05, 3.63) is 29.0 Å². The Balaban J connectivity index is 1.82. The number of hydrogen-bond donors (Lipinski definition) is 1. The number of nitrogens with zero attached hydrogens (tertiary/aromatic N) is 3. The molecule has 0 amide bonds. The Kier molecular flexibility index (Phi) is 3.84. The Morgan fingerprint density at radius 1 is 1.32 bits per heavy atom. The maximum Gasteiger partial charge on any atom is 0.188 e. The van der Waals surface area contributed by atoms with E-state index in [-0.39, 0.29) is 0 Å². The normalized spacial score (nSPS) is 14.8. The first kappa shape index (κ1) is 12.7. The number of thiazole rings is 1. The van der Waals surface area contributed by atoms with Crippen molar-refractivity contribution in [2.45, 2.75) is 45.2 Å². The molecule has 0 aromatic carbocycles. The van der Waals surface area contributed by atoms with Gasteiger partial charge in [0.15, 0.2) is 10.8 Å². The summed E-state index contributed by atoms with van der Waals surface area (Å²) in [6.45, 7) is 3.13. The summed E-state index contributed by atoms with van der Waals surface area (Å²) < 4.78 is 0. The quantitative estimate of drug-likeness (QED) is 0.880. The zero-order valence-electron chi connectivity index (χ0n) is 11.1. The van der Waals surface area contributed by atoms with E-state index in [1.54, 1.807) is 23.7 Å². The summed E-state index contributed by atoms with van der Waals surface area (Å²) in [5.74, 6) is 0.738. The molecule has 19 heavy (non-hydrogen) atoms. The van der Waals surface area contributed by atoms with Crippen LogP contribution in [-0.2, 0) is 13.0 Å². The molecule has 0 atom stereocenters. The zero-order chi connectivity index (χ0) is 13.1. The maximum absolute atomic E-state index is 4.72. The smallest absolute Gasteiger partial charge is 0.188 e. The molecule has 0 saturated heterocycles. The molecule has 1 aliphatic rings. The predicted molar refractivity (Wildman–Crippen MR) is 77.0 cm³/mol. The third-order valence-corrected chi connectivity index (χ3v) is 4.24. The van der Waals surface area contributed by atoms with Gasteiger partial charge < -0.3 is 5.32 Å². The highest BCUT2D eigenvalue weighted by Crippen LogP contribution is 2.27. The first-order chi connectivity index (χ1) is 9.36. The van der Waals surface area contributed by atoms with Gasteiger partial charge in [0, 0.05) is 29.9 Å². The van der Waals surface area contributed by atoms with Crippen molar-refractivity contribution in [2.24, 2.45) is 0 Å². The summed E-state index contributed by atoms with van der Waals surface area (Å²) in [6.07, 6.45) is 8.32. The largest absolute Gasteiger partial charge is 0.309 e. The van der Waals surface area contributed by atoms with Crippen LogP contribution in [-0.4, -0.2) is 21.0 Å². The van der Waals surface area contributed by atoms with Crippen LogP contribution in [0.25, 0.3) is 10.8 Å². The number of hydrogen-bond acceptors (Lipinski definition) is 5. The minimum atomic E-state index is 0.730. The molecular formula is C14H18N4S. The fourth-order valence-corrected chi connectivity index (χ4v) is 2.99. The number of rotatable bonds is 6. The Morgan fingerprint density at radius 2 is 2.11 bits per heavy atom. The van der Waals surface area contributed by atoms with E-state index in [0.29, 0.717) is 0 Å². The zero-order valence-corrected chi connectivity index (χ0v) is 11.9. The van der Waals surface area contributed by atoms with Crippen molar-refractivity contribution in [2.75, 3.05) is 0 Å². The van der Waals surface area contributed by atoms with Gasteiger partial charge in [0.25, 0.3) is 0 Å². The summed E-state index contributed by atoms with van der Waals surface area (Å²) in [6, 6.07) is 2.56. The van der Waals surface area contributed by atoms with Crippen molar-refractivity contribution < 1.29 is 0 Å². The Labute approximate surface area is 117 Å². The summed E-state index contributed by atoms with van der Waals surface area (Å²) in [7, 11) is 0. The van der Waals surface area contributed by atoms with Gasteiger partial charge in [-0.3, -0.25) is 0 Å². The van der Waals surface area contributed by atoms with Gasteiger partial charge in [-0.15, -0.1) is 11.3 Å². The molecular weight excluding hydrogens is 256 g/mol. The number of aromatic nitrogens is 3. The van der Waals surface area contributed by atoms with E-state index < -0.39 is 0 Å². The summed E-state index contributed by atoms with van der Waals surface area (Å²) in [4.78, 5) is 14.6. The molecule has 1 N–H and O–H groups in total. The second kappa shape index (κ2) is 5.75. The molecule has 0 aliphatic heterocycles. The first-order valence-corrected chi connectivity index (χ1v) is 7.68. The van der Waals surface area contributed by atoms with Gasteiger partial charge in [-0.05, 0) is 25.3 Å². The molecule has 0 spiro atoms. The molecule has 5 heteroatoms. The SMILES string of the molecule is CCCc1nc(-c2ncccn2)sc1CNC1CC1. The van der Waals surface area contributed by atoms with Gasteiger partial charge in [0.2, 0.25) is 0 Å². The average molecular weight is 274 g/mol. The van der Waals surface area contributed by atoms with Crippen molar-refractivity contribution in [3.8, 4) is 10.8 Å². The lowest BCUT2D eigenvalue weighted by Gasteiger charge is -2.01. The average Bonchev–Trinajstić information content (AvgIpc) is 3.19. The van der Waals surface area contributed by atoms with Crippen molar-refractivity contribution >= 4 is 11.3 Å². The van der Waals surface area contributed by atoms with Crippen molar-refractivity contribution in [1.29, 1.82) is 0 Å². The molecule has 4 nitrogen and oxygen atoms in total. The van der Waals surface area contributed by atoms with E-state index in [1.807, 2.05) is 6.07 Å². The van der Waals surface area contributed by atoms with Crippen LogP contribution in [0.15, 0.2) is 18.5 Å². The van der Waals surface area contributed by atoms with Gasteiger partial charge in [-0.1, -0.05) is 13.3 Å². The van der Waals surface area contributed by atoms with Crippen LogP contribution in [0.1, 0.15) is 36.8 Å². The molecule has 3 rings (SSSR count). The van der Waals surface area contributed by atoms with Gasteiger partial charge in [0.05, 0.1) is 5.69 Å². The van der Waals surface area contributed by atoms with Crippen LogP contribution in [0.5, 0.6) is 0 Å². The van der Waals surface area contributed by atoms with Crippen LogP contribution >= 0.6 is 11.3 Å². The highest BCUT2D eigenvalue weighted by Gasteiger charge is 2.21. The van der Waals surface area contributed by atoms with Gasteiger partial charge in [0.1, 0.15) is 0 Å². The molecule has 1 fully saturated rings. The van der Waals surface area contributed by atoms with Crippen LogP contribution < -0.4 is 5.32 Å². The lowest BCUT2D eigenvalue weighted by atomic mass is 10.2. The van der Waals surface area contributed by atoms with E-state index in [2.05, 4.69) is 22.2 Å². The molecule has 0 radical (unpaired) electrons. The minimum Gasteiger partial charge on any atom is -0.309 e. The number of nitrogens with one attached hydrogen (secondary N) is 1. The van der Waals surface area contributed by atoms with Crippen molar-refractivity contribution in [1.82, 2.24) is 20.3 Å². The van der Waals surface area contributed by atoms with E-state index in [9.17, 15) is 0 Å². The first-order valence-electron chi connectivity index (χ1n) is 6.86.